The van der Waals surface area contributed by atoms with Crippen LogP contribution in [0.2, 0.25) is 0 Å². The second kappa shape index (κ2) is 23.3. The Balaban J connectivity index is 0.000000671. The van der Waals surface area contributed by atoms with Crippen molar-refractivity contribution in [2.75, 3.05) is 33.0 Å². The Morgan fingerprint density at radius 3 is 1.33 bits per heavy atom. The average Bonchev–Trinajstić information content (AvgIpc) is 2.90. The Hall–Kier alpha value is -4.30. The van der Waals surface area contributed by atoms with Crippen LogP contribution in [-0.2, 0) is 42.9 Å². The van der Waals surface area contributed by atoms with Gasteiger partial charge in [0.15, 0.2) is 11.1 Å². The molecule has 2 rings (SSSR count). The lowest BCUT2D eigenvalue weighted by molar-refractivity contribution is -0.148. The van der Waals surface area contributed by atoms with Crippen LogP contribution in [0.5, 0.6) is 0 Å². The van der Waals surface area contributed by atoms with Gasteiger partial charge in [-0.25, -0.2) is 28.8 Å². The van der Waals surface area contributed by atoms with Gasteiger partial charge in [-0.1, -0.05) is 0 Å². The van der Waals surface area contributed by atoms with E-state index in [4.69, 9.17) is 19.9 Å². The Morgan fingerprint density at radius 1 is 0.628 bits per heavy atom. The summed E-state index contributed by atoms with van der Waals surface area (Å²) in [5.41, 5.74) is 4.30. The second-order valence-corrected chi connectivity index (χ2v) is 8.81. The highest BCUT2D eigenvalue weighted by Gasteiger charge is 2.23. The number of primary amides is 1. The molecule has 4 amide bonds. The summed E-state index contributed by atoms with van der Waals surface area (Å²) >= 11 is 0. The van der Waals surface area contributed by atoms with Crippen LogP contribution in [0, 0.1) is 0 Å². The summed E-state index contributed by atoms with van der Waals surface area (Å²) in [5, 5.41) is 7.68. The molecule has 2 fully saturated rings. The minimum Gasteiger partial charge on any atom is -0.500 e. The fourth-order valence-electron chi connectivity index (χ4n) is 3.05. The fourth-order valence-corrected chi connectivity index (χ4v) is 3.05. The minimum absolute atomic E-state index is 0.129. The van der Waals surface area contributed by atoms with Crippen molar-refractivity contribution >= 4 is 35.9 Å². The molecule has 0 bridgehead atoms. The third-order valence-electron chi connectivity index (χ3n) is 5.59. The van der Waals surface area contributed by atoms with E-state index >= 15 is 0 Å². The normalized spacial score (nSPS) is 13.1. The molecular formula is C28H46N4O11. The van der Waals surface area contributed by atoms with Crippen LogP contribution < -0.4 is 21.7 Å². The van der Waals surface area contributed by atoms with Gasteiger partial charge in [-0.05, 0) is 73.1 Å². The third-order valence-corrected chi connectivity index (χ3v) is 5.59. The van der Waals surface area contributed by atoms with E-state index in [0.717, 1.165) is 44.6 Å². The van der Waals surface area contributed by atoms with Crippen molar-refractivity contribution in [2.45, 2.75) is 85.2 Å². The highest BCUT2D eigenvalue weighted by atomic mass is 16.6. The van der Waals surface area contributed by atoms with E-state index in [1.807, 2.05) is 0 Å². The smallest absolute Gasteiger partial charge is 0.348 e. The molecule has 5 N–H and O–H groups in total. The monoisotopic (exact) mass is 614 g/mol. The molecule has 15 heteroatoms. The Kier molecular flexibility index (Phi) is 21.0. The zero-order chi connectivity index (χ0) is 32.6. The van der Waals surface area contributed by atoms with E-state index in [9.17, 15) is 28.8 Å². The quantitative estimate of drug-likeness (QED) is 0.0589. The maximum Gasteiger partial charge on any atom is 0.348 e. The highest BCUT2D eigenvalue weighted by molar-refractivity contribution is 6.14. The first-order valence-electron chi connectivity index (χ1n) is 14.4. The molecule has 43 heavy (non-hydrogen) atoms. The molecule has 0 aromatic rings. The molecule has 0 atom stereocenters. The molecule has 0 unspecified atom stereocenters. The standard InChI is InChI=1S/C13H20N2O5.C10H16O5.C5H10N2O/c1-3-19-11(16)10(12(17)20-4-2)8-14-13(18)15-9-6-5-7-9;1-4-13-7-8(9(11)14-5-2)10(12)15-6-3;6-5(8)7-4-2-1-3-4/h8-9H,3-7H2,1-2H3,(H2,14,15,18);7H,4-6H2,1-3H3;4H,1-3H2,(H3,6,7,8). The summed E-state index contributed by atoms with van der Waals surface area (Å²) < 4.78 is 23.7. The molecule has 0 aliphatic heterocycles. The second-order valence-electron chi connectivity index (χ2n) is 8.81. The lowest BCUT2D eigenvalue weighted by Gasteiger charge is -2.26. The maximum atomic E-state index is 11.6. The number of nitrogens with one attached hydrogen (secondary N) is 3. The predicted octanol–water partition coefficient (Wildman–Crippen LogP) is 2.09. The molecule has 0 radical (unpaired) electrons. The highest BCUT2D eigenvalue weighted by Crippen LogP contribution is 2.18. The summed E-state index contributed by atoms with van der Waals surface area (Å²) in [5.74, 6) is -3.11. The molecule has 0 aromatic carbocycles. The first kappa shape index (κ1) is 38.7. The van der Waals surface area contributed by atoms with Crippen LogP contribution in [-0.4, -0.2) is 81.1 Å². The van der Waals surface area contributed by atoms with Crippen LogP contribution in [0.25, 0.3) is 0 Å². The average molecular weight is 615 g/mol. The van der Waals surface area contributed by atoms with Crippen molar-refractivity contribution in [2.24, 2.45) is 5.73 Å². The Morgan fingerprint density at radius 2 is 1.02 bits per heavy atom. The molecule has 0 aromatic heterocycles. The lowest BCUT2D eigenvalue weighted by atomic mass is 9.93. The maximum absolute atomic E-state index is 11.6. The van der Waals surface area contributed by atoms with E-state index in [-0.39, 0.29) is 43.6 Å². The first-order chi connectivity index (χ1) is 20.5. The number of amides is 4. The molecule has 0 spiro atoms. The fraction of sp³-hybridized carbons (Fsp3) is 0.643. The molecular weight excluding hydrogens is 568 g/mol. The van der Waals surface area contributed by atoms with E-state index in [0.29, 0.717) is 12.6 Å². The summed E-state index contributed by atoms with van der Waals surface area (Å²) in [6.45, 7) is 9.31. The van der Waals surface area contributed by atoms with Crippen molar-refractivity contribution < 1.29 is 52.5 Å². The van der Waals surface area contributed by atoms with Crippen LogP contribution in [0.15, 0.2) is 23.6 Å². The van der Waals surface area contributed by atoms with Gasteiger partial charge in [0, 0.05) is 18.3 Å². The van der Waals surface area contributed by atoms with Gasteiger partial charge in [0.1, 0.15) is 6.26 Å². The van der Waals surface area contributed by atoms with Crippen LogP contribution in [0.3, 0.4) is 0 Å². The number of nitrogens with two attached hydrogens (primary N) is 1. The van der Waals surface area contributed by atoms with Gasteiger partial charge in [-0.3, -0.25) is 0 Å². The van der Waals surface area contributed by atoms with E-state index in [2.05, 4.69) is 25.4 Å². The zero-order valence-electron chi connectivity index (χ0n) is 25.7. The number of ether oxygens (including phenoxy) is 5. The van der Waals surface area contributed by atoms with Gasteiger partial charge >= 0.3 is 35.9 Å². The number of carbonyl (C=O) groups is 6. The summed E-state index contributed by atoms with van der Waals surface area (Å²) in [6, 6.07) is -0.306. The molecule has 2 aliphatic rings. The van der Waals surface area contributed by atoms with Crippen LogP contribution in [0.1, 0.15) is 73.1 Å². The lowest BCUT2D eigenvalue weighted by Crippen LogP contribution is -2.44. The van der Waals surface area contributed by atoms with Gasteiger partial charge < -0.3 is 45.4 Å². The van der Waals surface area contributed by atoms with Crippen molar-refractivity contribution in [3.05, 3.63) is 23.6 Å². The van der Waals surface area contributed by atoms with Gasteiger partial charge in [0.05, 0.1) is 33.0 Å². The number of urea groups is 2. The van der Waals surface area contributed by atoms with Crippen molar-refractivity contribution in [3.63, 3.8) is 0 Å². The first-order valence-corrected chi connectivity index (χ1v) is 14.4. The number of hydrogen-bond acceptors (Lipinski definition) is 11. The number of carbonyl (C=O) groups excluding carboxylic acids is 6. The topological polar surface area (TPSA) is 211 Å². The predicted molar refractivity (Wildman–Crippen MR) is 154 cm³/mol. The summed E-state index contributed by atoms with van der Waals surface area (Å²) in [7, 11) is 0. The number of esters is 4. The van der Waals surface area contributed by atoms with Crippen molar-refractivity contribution in [1.29, 1.82) is 0 Å². The summed E-state index contributed by atoms with van der Waals surface area (Å²) in [4.78, 5) is 67.4. The minimum atomic E-state index is -0.824. The van der Waals surface area contributed by atoms with E-state index in [1.54, 1.807) is 34.6 Å². The zero-order valence-corrected chi connectivity index (χ0v) is 25.7. The van der Waals surface area contributed by atoms with E-state index < -0.39 is 35.9 Å². The molecule has 15 nitrogen and oxygen atoms in total. The van der Waals surface area contributed by atoms with Gasteiger partial charge in [-0.15, -0.1) is 0 Å². The van der Waals surface area contributed by atoms with E-state index in [1.165, 1.54) is 6.42 Å². The van der Waals surface area contributed by atoms with Crippen molar-refractivity contribution in [1.82, 2.24) is 16.0 Å². The Bertz CT molecular complexity index is 934. The molecule has 2 saturated carbocycles. The molecule has 0 heterocycles. The molecule has 0 saturated heterocycles. The summed E-state index contributed by atoms with van der Waals surface area (Å²) in [6.07, 6.45) is 8.49. The third kappa shape index (κ3) is 17.3. The number of hydrogen-bond donors (Lipinski definition) is 4. The molecule has 244 valence electrons. The van der Waals surface area contributed by atoms with Crippen LogP contribution in [0.4, 0.5) is 9.59 Å². The number of rotatable bonds is 13. The Labute approximate surface area is 252 Å². The van der Waals surface area contributed by atoms with Gasteiger partial charge in [-0.2, -0.15) is 0 Å². The molecule has 2 aliphatic carbocycles. The van der Waals surface area contributed by atoms with Gasteiger partial charge in [0.2, 0.25) is 0 Å². The van der Waals surface area contributed by atoms with Crippen LogP contribution >= 0.6 is 0 Å². The SMILES string of the molecule is CCOC(=O)C(=CNC(=O)NC1CCC1)C(=O)OCC.CCOC=C(C(=O)OCC)C(=O)OCC.NC(=O)NC1CCC1. The van der Waals surface area contributed by atoms with Crippen molar-refractivity contribution in [3.8, 4) is 0 Å². The van der Waals surface area contributed by atoms with Gasteiger partial charge in [0.25, 0.3) is 0 Å². The largest absolute Gasteiger partial charge is 0.500 e.